The van der Waals surface area contributed by atoms with Gasteiger partial charge in [-0.1, -0.05) is 6.92 Å². The van der Waals surface area contributed by atoms with Gasteiger partial charge in [0, 0.05) is 30.9 Å². The number of carbonyl (C=O) groups is 1. The first-order chi connectivity index (χ1) is 14.0. The summed E-state index contributed by atoms with van der Waals surface area (Å²) in [4.78, 5) is 13.2. The van der Waals surface area contributed by atoms with E-state index in [9.17, 15) is 4.79 Å². The van der Waals surface area contributed by atoms with Crippen molar-refractivity contribution in [3.63, 3.8) is 0 Å². The Morgan fingerprint density at radius 3 is 2.62 bits per heavy atom. The lowest BCUT2D eigenvalue weighted by atomic mass is 9.54. The lowest BCUT2D eigenvalue weighted by Crippen LogP contribution is -2.51. The third-order valence-electron chi connectivity index (χ3n) is 8.02. The third-order valence-corrected chi connectivity index (χ3v) is 8.02. The van der Waals surface area contributed by atoms with Crippen molar-refractivity contribution in [3.8, 4) is 11.5 Å². The number of carbonyl (C=O) groups excluding carboxylic acids is 1. The van der Waals surface area contributed by atoms with Gasteiger partial charge in [-0.3, -0.25) is 4.79 Å². The van der Waals surface area contributed by atoms with Crippen LogP contribution in [0.25, 0.3) is 0 Å². The molecule has 158 valence electrons. The fourth-order valence-electron chi connectivity index (χ4n) is 6.69. The van der Waals surface area contributed by atoms with E-state index in [0.29, 0.717) is 48.9 Å². The zero-order valence-corrected chi connectivity index (χ0v) is 17.5. The highest BCUT2D eigenvalue weighted by Gasteiger charge is 2.65. The van der Waals surface area contributed by atoms with Gasteiger partial charge < -0.3 is 23.7 Å². The van der Waals surface area contributed by atoms with Gasteiger partial charge in [-0.2, -0.15) is 0 Å². The number of rotatable bonds is 4. The first-order valence-corrected chi connectivity index (χ1v) is 10.7. The van der Waals surface area contributed by atoms with Crippen LogP contribution in [0.1, 0.15) is 60.9 Å². The molecular weight excluding hydrogens is 372 g/mol. The fourth-order valence-corrected chi connectivity index (χ4v) is 6.69. The SMILES string of the molecule is COCOc1cc2c(cc1OC)[C@H]1CC[C@@]3(C)[C@@H](CCC34OCCO4)[C@@H]1CC2=O. The second kappa shape index (κ2) is 6.96. The van der Waals surface area contributed by atoms with Crippen LogP contribution in [0, 0.1) is 17.3 Å². The van der Waals surface area contributed by atoms with Crippen LogP contribution in [0.4, 0.5) is 0 Å². The van der Waals surface area contributed by atoms with Crippen LogP contribution < -0.4 is 9.47 Å². The molecule has 0 amide bonds. The van der Waals surface area contributed by atoms with Gasteiger partial charge in [-0.05, 0) is 54.7 Å². The zero-order chi connectivity index (χ0) is 20.2. The summed E-state index contributed by atoms with van der Waals surface area (Å²) in [5.41, 5.74) is 1.88. The first kappa shape index (κ1) is 19.3. The van der Waals surface area contributed by atoms with Gasteiger partial charge in [0.25, 0.3) is 0 Å². The molecule has 6 heteroatoms. The number of Topliss-reactive ketones (excluding diaryl/α,β-unsaturated/α-hetero) is 1. The minimum atomic E-state index is -0.443. The summed E-state index contributed by atoms with van der Waals surface area (Å²) in [6.45, 7) is 3.81. The van der Waals surface area contributed by atoms with Crippen molar-refractivity contribution in [2.24, 2.45) is 17.3 Å². The quantitative estimate of drug-likeness (QED) is 0.712. The van der Waals surface area contributed by atoms with E-state index in [2.05, 4.69) is 6.92 Å². The van der Waals surface area contributed by atoms with Crippen molar-refractivity contribution in [1.82, 2.24) is 0 Å². The Hall–Kier alpha value is -1.63. The van der Waals surface area contributed by atoms with Crippen molar-refractivity contribution in [2.75, 3.05) is 34.2 Å². The Morgan fingerprint density at radius 2 is 1.90 bits per heavy atom. The van der Waals surface area contributed by atoms with Gasteiger partial charge >= 0.3 is 0 Å². The highest BCUT2D eigenvalue weighted by molar-refractivity contribution is 6.00. The van der Waals surface area contributed by atoms with Crippen LogP contribution in [0.5, 0.6) is 11.5 Å². The molecule has 1 heterocycles. The van der Waals surface area contributed by atoms with Crippen LogP contribution in [-0.4, -0.2) is 45.8 Å². The van der Waals surface area contributed by atoms with Crippen molar-refractivity contribution < 1.29 is 28.5 Å². The molecule has 1 aromatic rings. The number of ketones is 1. The maximum atomic E-state index is 13.2. The molecule has 3 fully saturated rings. The standard InChI is InChI=1S/C23H30O6/c1-22-6-4-14-15-11-20(26-3)21(27-13-25-2)12-17(15)19(24)10-16(14)18(22)5-7-23(22)28-8-9-29-23/h11-12,14,16,18H,4-10,13H2,1-3H3/t14-,16-,18+,22+/m1/s1. The second-order valence-corrected chi connectivity index (χ2v) is 9.09. The van der Waals surface area contributed by atoms with E-state index in [1.54, 1.807) is 14.2 Å². The molecule has 0 aromatic heterocycles. The van der Waals surface area contributed by atoms with E-state index in [1.165, 1.54) is 0 Å². The molecule has 1 saturated heterocycles. The van der Waals surface area contributed by atoms with Crippen molar-refractivity contribution >= 4 is 5.78 Å². The summed E-state index contributed by atoms with van der Waals surface area (Å²) in [6.07, 6.45) is 4.67. The lowest BCUT2D eigenvalue weighted by molar-refractivity contribution is -0.236. The third kappa shape index (κ3) is 2.69. The summed E-state index contributed by atoms with van der Waals surface area (Å²) in [5.74, 6) is 2.11. The predicted octanol–water partition coefficient (Wildman–Crippen LogP) is 3.92. The highest BCUT2D eigenvalue weighted by atomic mass is 16.7. The van der Waals surface area contributed by atoms with Gasteiger partial charge in [-0.25, -0.2) is 0 Å². The molecule has 1 aliphatic heterocycles. The molecule has 5 rings (SSSR count). The first-order valence-electron chi connectivity index (χ1n) is 10.7. The molecular formula is C23H30O6. The van der Waals surface area contributed by atoms with Crippen molar-refractivity contribution in [3.05, 3.63) is 23.3 Å². The number of methoxy groups -OCH3 is 2. The average molecular weight is 402 g/mol. The Bertz CT molecular complexity index is 814. The molecule has 0 bridgehead atoms. The van der Waals surface area contributed by atoms with Crippen LogP contribution in [0.2, 0.25) is 0 Å². The Morgan fingerprint density at radius 1 is 1.10 bits per heavy atom. The van der Waals surface area contributed by atoms with E-state index in [0.717, 1.165) is 36.8 Å². The molecule has 4 aliphatic rings. The van der Waals surface area contributed by atoms with E-state index < -0.39 is 5.79 Å². The number of benzene rings is 1. The van der Waals surface area contributed by atoms with Crippen LogP contribution >= 0.6 is 0 Å². The lowest BCUT2D eigenvalue weighted by Gasteiger charge is -2.52. The summed E-state index contributed by atoms with van der Waals surface area (Å²) in [7, 11) is 3.21. The topological polar surface area (TPSA) is 63.2 Å². The summed E-state index contributed by atoms with van der Waals surface area (Å²) < 4.78 is 28.6. The van der Waals surface area contributed by atoms with E-state index in [-0.39, 0.29) is 18.0 Å². The van der Waals surface area contributed by atoms with Gasteiger partial charge in [0.2, 0.25) is 0 Å². The van der Waals surface area contributed by atoms with E-state index >= 15 is 0 Å². The minimum absolute atomic E-state index is 0.0198. The molecule has 29 heavy (non-hydrogen) atoms. The number of ether oxygens (including phenoxy) is 5. The molecule has 1 spiro atoms. The average Bonchev–Trinajstić information content (AvgIpc) is 3.32. The van der Waals surface area contributed by atoms with Gasteiger partial charge in [-0.15, -0.1) is 0 Å². The van der Waals surface area contributed by atoms with Gasteiger partial charge in [0.15, 0.2) is 29.9 Å². The monoisotopic (exact) mass is 402 g/mol. The number of hydrogen-bond donors (Lipinski definition) is 0. The van der Waals surface area contributed by atoms with Crippen LogP contribution in [0.15, 0.2) is 12.1 Å². The maximum Gasteiger partial charge on any atom is 0.188 e. The Balaban J connectivity index is 1.51. The smallest absolute Gasteiger partial charge is 0.188 e. The van der Waals surface area contributed by atoms with Gasteiger partial charge in [0.1, 0.15) is 0 Å². The highest BCUT2D eigenvalue weighted by Crippen LogP contribution is 2.66. The predicted molar refractivity (Wildman–Crippen MR) is 105 cm³/mol. The molecule has 4 atom stereocenters. The molecule has 3 aliphatic carbocycles. The molecule has 2 saturated carbocycles. The Labute approximate surface area is 171 Å². The summed E-state index contributed by atoms with van der Waals surface area (Å²) in [5, 5.41) is 0. The normalized spacial score (nSPS) is 34.6. The fraction of sp³-hybridized carbons (Fsp3) is 0.696. The summed E-state index contributed by atoms with van der Waals surface area (Å²) >= 11 is 0. The number of fused-ring (bicyclic) bond motifs is 6. The molecule has 1 aromatic carbocycles. The second-order valence-electron chi connectivity index (χ2n) is 9.09. The molecule has 0 radical (unpaired) electrons. The van der Waals surface area contributed by atoms with Gasteiger partial charge in [0.05, 0.1) is 20.3 Å². The molecule has 0 N–H and O–H groups in total. The van der Waals surface area contributed by atoms with E-state index in [1.807, 2.05) is 12.1 Å². The largest absolute Gasteiger partial charge is 0.493 e. The number of hydrogen-bond acceptors (Lipinski definition) is 6. The zero-order valence-electron chi connectivity index (χ0n) is 17.5. The van der Waals surface area contributed by atoms with E-state index in [4.69, 9.17) is 23.7 Å². The molecule has 0 unspecified atom stereocenters. The Kier molecular flexibility index (Phi) is 4.64. The summed E-state index contributed by atoms with van der Waals surface area (Å²) in [6, 6.07) is 3.86. The minimum Gasteiger partial charge on any atom is -0.493 e. The molecule has 6 nitrogen and oxygen atoms in total. The van der Waals surface area contributed by atoms with Crippen LogP contribution in [-0.2, 0) is 14.2 Å². The van der Waals surface area contributed by atoms with Crippen LogP contribution in [0.3, 0.4) is 0 Å². The maximum absolute atomic E-state index is 13.2. The van der Waals surface area contributed by atoms with Crippen molar-refractivity contribution in [1.29, 1.82) is 0 Å². The van der Waals surface area contributed by atoms with Crippen molar-refractivity contribution in [2.45, 2.75) is 50.7 Å².